The number of nitrogens with two attached hydrogens (primary N) is 1. The van der Waals surface area contributed by atoms with E-state index in [1.807, 2.05) is 30.3 Å². The van der Waals surface area contributed by atoms with Crippen LogP contribution in [0.5, 0.6) is 0 Å². The molecule has 98 valence electrons. The van der Waals surface area contributed by atoms with Crippen molar-refractivity contribution in [3.05, 3.63) is 35.9 Å². The molecule has 0 aromatic heterocycles. The van der Waals surface area contributed by atoms with Crippen molar-refractivity contribution in [3.63, 3.8) is 0 Å². The smallest absolute Gasteiger partial charge is 0.223 e. The van der Waals surface area contributed by atoms with Crippen LogP contribution in [0.3, 0.4) is 0 Å². The first-order valence-electron chi connectivity index (χ1n) is 6.26. The first kappa shape index (κ1) is 13.0. The number of hydrazine groups is 1. The molecule has 1 saturated heterocycles. The fourth-order valence-corrected chi connectivity index (χ4v) is 2.08. The number of benzene rings is 1. The molecule has 0 aliphatic carbocycles. The first-order valence-corrected chi connectivity index (χ1v) is 6.26. The van der Waals surface area contributed by atoms with Crippen molar-refractivity contribution in [2.75, 3.05) is 0 Å². The molecular weight excluding hydrogens is 228 g/mol. The van der Waals surface area contributed by atoms with Crippen LogP contribution in [0.4, 0.5) is 0 Å². The topological polar surface area (TPSA) is 79.2 Å². The van der Waals surface area contributed by atoms with Crippen LogP contribution in [0.25, 0.3) is 0 Å². The summed E-state index contributed by atoms with van der Waals surface area (Å²) in [4.78, 5) is 11.8. The molecule has 5 N–H and O–H groups in total. The van der Waals surface area contributed by atoms with Crippen LogP contribution in [-0.4, -0.2) is 18.1 Å². The zero-order valence-electron chi connectivity index (χ0n) is 10.5. The average Bonchev–Trinajstić information content (AvgIpc) is 2.75. The summed E-state index contributed by atoms with van der Waals surface area (Å²) in [6.45, 7) is 2.06. The second-order valence-electron chi connectivity index (χ2n) is 4.77. The standard InChI is InChI=1S/C13H20N4O/c1-9-7-12(17-16-9)15-13(18)8-11(14)10-5-3-2-4-6-10/h2-6,9,11-12,16-17H,7-8,14H2,1H3,(H,15,18). The van der Waals surface area contributed by atoms with Crippen molar-refractivity contribution in [3.8, 4) is 0 Å². The lowest BCUT2D eigenvalue weighted by molar-refractivity contribution is -0.122. The zero-order valence-corrected chi connectivity index (χ0v) is 10.5. The lowest BCUT2D eigenvalue weighted by atomic mass is 10.0. The van der Waals surface area contributed by atoms with Gasteiger partial charge in [-0.05, 0) is 18.9 Å². The Kier molecular flexibility index (Phi) is 4.30. The van der Waals surface area contributed by atoms with Gasteiger partial charge in [-0.2, -0.15) is 0 Å². The average molecular weight is 248 g/mol. The largest absolute Gasteiger partial charge is 0.339 e. The molecule has 5 nitrogen and oxygen atoms in total. The number of nitrogens with one attached hydrogen (secondary N) is 3. The van der Waals surface area contributed by atoms with Gasteiger partial charge >= 0.3 is 0 Å². The lowest BCUT2D eigenvalue weighted by Crippen LogP contribution is -2.44. The normalized spacial score (nSPS) is 24.8. The second kappa shape index (κ2) is 5.95. The Morgan fingerprint density at radius 3 is 2.78 bits per heavy atom. The van der Waals surface area contributed by atoms with Gasteiger partial charge in [-0.3, -0.25) is 10.2 Å². The number of amides is 1. The van der Waals surface area contributed by atoms with E-state index in [-0.39, 0.29) is 18.1 Å². The van der Waals surface area contributed by atoms with Crippen molar-refractivity contribution in [2.24, 2.45) is 5.73 Å². The monoisotopic (exact) mass is 248 g/mol. The van der Waals surface area contributed by atoms with Gasteiger partial charge < -0.3 is 11.1 Å². The van der Waals surface area contributed by atoms with Gasteiger partial charge in [0.05, 0.1) is 6.17 Å². The van der Waals surface area contributed by atoms with Crippen LogP contribution in [0, 0.1) is 0 Å². The summed E-state index contributed by atoms with van der Waals surface area (Å²) in [6, 6.07) is 9.79. The number of hydrogen-bond donors (Lipinski definition) is 4. The molecule has 0 radical (unpaired) electrons. The Morgan fingerprint density at radius 1 is 1.44 bits per heavy atom. The maximum absolute atomic E-state index is 11.8. The van der Waals surface area contributed by atoms with Gasteiger partial charge in [-0.15, -0.1) is 0 Å². The molecule has 1 aromatic rings. The summed E-state index contributed by atoms with van der Waals surface area (Å²) in [5.41, 5.74) is 13.1. The van der Waals surface area contributed by atoms with Crippen LogP contribution >= 0.6 is 0 Å². The van der Waals surface area contributed by atoms with Crippen LogP contribution in [0.1, 0.15) is 31.4 Å². The molecule has 0 spiro atoms. The summed E-state index contributed by atoms with van der Waals surface area (Å²) < 4.78 is 0. The number of rotatable bonds is 4. The van der Waals surface area contributed by atoms with Gasteiger partial charge in [0.2, 0.25) is 5.91 Å². The fraction of sp³-hybridized carbons (Fsp3) is 0.462. The summed E-state index contributed by atoms with van der Waals surface area (Å²) in [6.07, 6.45) is 1.18. The van der Waals surface area contributed by atoms with Gasteiger partial charge in [0, 0.05) is 18.5 Å². The van der Waals surface area contributed by atoms with Crippen molar-refractivity contribution in [1.82, 2.24) is 16.2 Å². The molecule has 1 fully saturated rings. The van der Waals surface area contributed by atoms with Crippen molar-refractivity contribution >= 4 is 5.91 Å². The Balaban J connectivity index is 1.81. The molecule has 0 bridgehead atoms. The van der Waals surface area contributed by atoms with E-state index in [2.05, 4.69) is 23.1 Å². The molecule has 1 heterocycles. The highest BCUT2D eigenvalue weighted by molar-refractivity contribution is 5.77. The van der Waals surface area contributed by atoms with E-state index >= 15 is 0 Å². The number of carbonyl (C=O) groups is 1. The Bertz CT molecular complexity index is 395. The number of carbonyl (C=O) groups excluding carboxylic acids is 1. The predicted molar refractivity (Wildman–Crippen MR) is 70.3 cm³/mol. The van der Waals surface area contributed by atoms with E-state index in [0.717, 1.165) is 12.0 Å². The van der Waals surface area contributed by atoms with Gasteiger partial charge in [0.1, 0.15) is 0 Å². The highest BCUT2D eigenvalue weighted by Gasteiger charge is 2.22. The van der Waals surface area contributed by atoms with Gasteiger partial charge in [-0.1, -0.05) is 30.3 Å². The quantitative estimate of drug-likeness (QED) is 0.622. The molecule has 1 aliphatic rings. The van der Waals surface area contributed by atoms with E-state index in [4.69, 9.17) is 5.73 Å². The van der Waals surface area contributed by atoms with Crippen LogP contribution in [0.2, 0.25) is 0 Å². The molecule has 0 saturated carbocycles. The van der Waals surface area contributed by atoms with E-state index < -0.39 is 0 Å². The molecule has 5 heteroatoms. The zero-order chi connectivity index (χ0) is 13.0. The Hall–Kier alpha value is -1.43. The maximum Gasteiger partial charge on any atom is 0.223 e. The van der Waals surface area contributed by atoms with E-state index in [1.54, 1.807) is 0 Å². The maximum atomic E-state index is 11.8. The van der Waals surface area contributed by atoms with Gasteiger partial charge in [0.25, 0.3) is 0 Å². The summed E-state index contributed by atoms with van der Waals surface area (Å²) in [7, 11) is 0. The minimum atomic E-state index is -0.252. The van der Waals surface area contributed by atoms with Crippen molar-refractivity contribution < 1.29 is 4.79 Å². The second-order valence-corrected chi connectivity index (χ2v) is 4.77. The summed E-state index contributed by atoms with van der Waals surface area (Å²) in [5, 5.41) is 2.92. The van der Waals surface area contributed by atoms with Crippen molar-refractivity contribution in [1.29, 1.82) is 0 Å². The fourth-order valence-electron chi connectivity index (χ4n) is 2.08. The molecule has 2 rings (SSSR count). The molecular formula is C13H20N4O. The Morgan fingerprint density at radius 2 is 2.17 bits per heavy atom. The number of hydrogen-bond acceptors (Lipinski definition) is 4. The minimum Gasteiger partial charge on any atom is -0.339 e. The van der Waals surface area contributed by atoms with E-state index in [1.165, 1.54) is 0 Å². The van der Waals surface area contributed by atoms with E-state index in [9.17, 15) is 4.79 Å². The molecule has 1 aromatic carbocycles. The highest BCUT2D eigenvalue weighted by Crippen LogP contribution is 2.13. The van der Waals surface area contributed by atoms with Crippen molar-refractivity contribution in [2.45, 2.75) is 38.0 Å². The molecule has 3 atom stereocenters. The molecule has 1 amide bonds. The van der Waals surface area contributed by atoms with Gasteiger partial charge in [0.15, 0.2) is 0 Å². The summed E-state index contributed by atoms with van der Waals surface area (Å²) in [5.74, 6) is -0.0280. The third-order valence-corrected chi connectivity index (χ3v) is 3.06. The lowest BCUT2D eigenvalue weighted by Gasteiger charge is -2.15. The SMILES string of the molecule is CC1CC(NC(=O)CC(N)c2ccccc2)NN1. The highest BCUT2D eigenvalue weighted by atomic mass is 16.1. The third kappa shape index (κ3) is 3.53. The first-order chi connectivity index (χ1) is 8.65. The predicted octanol–water partition coefficient (Wildman–Crippen LogP) is 0.405. The molecule has 18 heavy (non-hydrogen) atoms. The summed E-state index contributed by atoms with van der Waals surface area (Å²) >= 11 is 0. The van der Waals surface area contributed by atoms with Crippen LogP contribution in [0.15, 0.2) is 30.3 Å². The van der Waals surface area contributed by atoms with E-state index in [0.29, 0.717) is 12.5 Å². The third-order valence-electron chi connectivity index (χ3n) is 3.06. The molecule has 3 unspecified atom stereocenters. The van der Waals surface area contributed by atoms with Crippen LogP contribution < -0.4 is 21.9 Å². The minimum absolute atomic E-state index is 0.00419. The van der Waals surface area contributed by atoms with Crippen LogP contribution in [-0.2, 0) is 4.79 Å². The van der Waals surface area contributed by atoms with Gasteiger partial charge in [-0.25, -0.2) is 5.43 Å². The Labute approximate surface area is 107 Å². The molecule has 1 aliphatic heterocycles.